The zero-order chi connectivity index (χ0) is 13.8. The summed E-state index contributed by atoms with van der Waals surface area (Å²) < 4.78 is 3.26. The maximum absolute atomic E-state index is 12.2. The van der Waals surface area contributed by atoms with Crippen molar-refractivity contribution < 1.29 is 4.79 Å². The molecular formula is C15H15N3OS. The van der Waals surface area contributed by atoms with Gasteiger partial charge in [0.05, 0.1) is 0 Å². The van der Waals surface area contributed by atoms with Gasteiger partial charge in [-0.1, -0.05) is 11.9 Å². The monoisotopic (exact) mass is 285 g/mol. The highest BCUT2D eigenvalue weighted by Gasteiger charge is 2.12. The molecule has 1 aromatic carbocycles. The molecule has 0 unspecified atom stereocenters. The van der Waals surface area contributed by atoms with Gasteiger partial charge < -0.3 is 10.0 Å². The van der Waals surface area contributed by atoms with Gasteiger partial charge in [-0.2, -0.15) is 0 Å². The van der Waals surface area contributed by atoms with E-state index in [4.69, 9.17) is 0 Å². The molecule has 0 fully saturated rings. The van der Waals surface area contributed by atoms with Crippen molar-refractivity contribution in [3.8, 4) is 0 Å². The third-order valence-corrected chi connectivity index (χ3v) is 4.00. The van der Waals surface area contributed by atoms with Gasteiger partial charge in [-0.25, -0.2) is 0 Å². The van der Waals surface area contributed by atoms with Gasteiger partial charge in [-0.05, 0) is 47.9 Å². The number of hydrogen-bond acceptors (Lipinski definition) is 4. The Bertz CT molecular complexity index is 616. The molecule has 0 radical (unpaired) electrons. The van der Waals surface area contributed by atoms with E-state index in [1.54, 1.807) is 24.3 Å². The maximum atomic E-state index is 12.2. The molecule has 0 saturated carbocycles. The molecule has 0 spiro atoms. The van der Waals surface area contributed by atoms with E-state index in [1.807, 2.05) is 30.3 Å². The van der Waals surface area contributed by atoms with Crippen LogP contribution in [-0.2, 0) is 13.0 Å². The number of pyridine rings is 1. The van der Waals surface area contributed by atoms with Crippen LogP contribution in [0.2, 0.25) is 0 Å². The number of aryl methyl sites for hydroxylation is 1. The predicted octanol–water partition coefficient (Wildman–Crippen LogP) is 2.63. The summed E-state index contributed by atoms with van der Waals surface area (Å²) in [5, 5.41) is 2.93. The lowest BCUT2D eigenvalue weighted by atomic mass is 10.1. The first kappa shape index (κ1) is 13.0. The lowest BCUT2D eigenvalue weighted by Crippen LogP contribution is -2.23. The first-order valence-corrected chi connectivity index (χ1v) is 7.49. The highest BCUT2D eigenvalue weighted by atomic mass is 32.2. The maximum Gasteiger partial charge on any atom is 0.251 e. The number of amides is 1. The van der Waals surface area contributed by atoms with E-state index < -0.39 is 0 Å². The van der Waals surface area contributed by atoms with Crippen LogP contribution in [0.3, 0.4) is 0 Å². The second kappa shape index (κ2) is 5.96. The van der Waals surface area contributed by atoms with Crippen molar-refractivity contribution in [1.29, 1.82) is 0 Å². The van der Waals surface area contributed by atoms with Crippen LogP contribution < -0.4 is 10.0 Å². The van der Waals surface area contributed by atoms with Crippen molar-refractivity contribution in [2.45, 2.75) is 13.0 Å². The SMILES string of the molecule is O=C(NCc1ccncc1)c1ccc2c(c1)CCSN2. The van der Waals surface area contributed by atoms with Crippen molar-refractivity contribution in [1.82, 2.24) is 10.3 Å². The standard InChI is InChI=1S/C15H15N3OS/c19-15(17-10-11-3-6-16-7-4-11)13-1-2-14-12(9-13)5-8-20-18-14/h1-4,6-7,9,18H,5,8,10H2,(H,17,19). The Morgan fingerprint density at radius 1 is 1.30 bits per heavy atom. The molecule has 1 aliphatic heterocycles. The van der Waals surface area contributed by atoms with Crippen LogP contribution in [0, 0.1) is 0 Å². The lowest BCUT2D eigenvalue weighted by molar-refractivity contribution is 0.0951. The van der Waals surface area contributed by atoms with E-state index in [-0.39, 0.29) is 5.91 Å². The van der Waals surface area contributed by atoms with Crippen molar-refractivity contribution in [3.63, 3.8) is 0 Å². The molecule has 20 heavy (non-hydrogen) atoms. The predicted molar refractivity (Wildman–Crippen MR) is 81.6 cm³/mol. The molecule has 102 valence electrons. The molecule has 1 aliphatic rings. The lowest BCUT2D eigenvalue weighted by Gasteiger charge is -2.17. The second-order valence-electron chi connectivity index (χ2n) is 4.61. The summed E-state index contributed by atoms with van der Waals surface area (Å²) in [6, 6.07) is 9.61. The molecule has 1 aromatic heterocycles. The minimum Gasteiger partial charge on any atom is -0.348 e. The number of carbonyl (C=O) groups excluding carboxylic acids is 1. The first-order chi connectivity index (χ1) is 9.83. The van der Waals surface area contributed by atoms with E-state index in [0.29, 0.717) is 12.1 Å². The van der Waals surface area contributed by atoms with Gasteiger partial charge in [0.15, 0.2) is 0 Å². The molecule has 1 amide bonds. The van der Waals surface area contributed by atoms with Crippen molar-refractivity contribution in [3.05, 3.63) is 59.4 Å². The van der Waals surface area contributed by atoms with E-state index in [2.05, 4.69) is 15.0 Å². The molecule has 4 nitrogen and oxygen atoms in total. The number of anilines is 1. The van der Waals surface area contributed by atoms with Gasteiger partial charge in [0.1, 0.15) is 0 Å². The molecule has 0 aliphatic carbocycles. The summed E-state index contributed by atoms with van der Waals surface area (Å²) in [5.41, 5.74) is 4.09. The Morgan fingerprint density at radius 3 is 3.00 bits per heavy atom. The van der Waals surface area contributed by atoms with Crippen LogP contribution in [0.25, 0.3) is 0 Å². The van der Waals surface area contributed by atoms with Gasteiger partial charge in [-0.15, -0.1) is 0 Å². The molecule has 2 heterocycles. The van der Waals surface area contributed by atoms with Gasteiger partial charge in [0, 0.05) is 35.9 Å². The summed E-state index contributed by atoms with van der Waals surface area (Å²) in [6.45, 7) is 0.520. The fourth-order valence-corrected chi connectivity index (χ4v) is 2.89. The van der Waals surface area contributed by atoms with Crippen LogP contribution in [-0.4, -0.2) is 16.6 Å². The third-order valence-electron chi connectivity index (χ3n) is 3.23. The minimum atomic E-state index is -0.0390. The Labute approximate surface area is 122 Å². The Hall–Kier alpha value is -2.01. The number of hydrogen-bond donors (Lipinski definition) is 2. The molecule has 3 rings (SSSR count). The second-order valence-corrected chi connectivity index (χ2v) is 5.51. The van der Waals surface area contributed by atoms with Crippen molar-refractivity contribution in [2.24, 2.45) is 0 Å². The molecule has 2 N–H and O–H groups in total. The number of fused-ring (bicyclic) bond motifs is 1. The summed E-state index contributed by atoms with van der Waals surface area (Å²) in [7, 11) is 0. The minimum absolute atomic E-state index is 0.0390. The largest absolute Gasteiger partial charge is 0.348 e. The molecular weight excluding hydrogens is 270 g/mol. The highest BCUT2D eigenvalue weighted by molar-refractivity contribution is 8.00. The van der Waals surface area contributed by atoms with Gasteiger partial charge in [0.25, 0.3) is 5.91 Å². The molecule has 0 saturated heterocycles. The normalized spacial score (nSPS) is 13.2. The number of rotatable bonds is 3. The molecule has 0 bridgehead atoms. The van der Waals surface area contributed by atoms with E-state index >= 15 is 0 Å². The van der Waals surface area contributed by atoms with Gasteiger partial charge in [0.2, 0.25) is 0 Å². The van der Waals surface area contributed by atoms with E-state index in [9.17, 15) is 4.79 Å². The summed E-state index contributed by atoms with van der Waals surface area (Å²) in [5.74, 6) is 0.998. The van der Waals surface area contributed by atoms with Gasteiger partial charge >= 0.3 is 0 Å². The number of benzene rings is 1. The van der Waals surface area contributed by atoms with Crippen LogP contribution in [0.5, 0.6) is 0 Å². The fraction of sp³-hybridized carbons (Fsp3) is 0.200. The summed E-state index contributed by atoms with van der Waals surface area (Å²) in [6.07, 6.45) is 4.45. The molecule has 5 heteroatoms. The highest BCUT2D eigenvalue weighted by Crippen LogP contribution is 2.26. The summed E-state index contributed by atoms with van der Waals surface area (Å²) >= 11 is 1.70. The molecule has 2 aromatic rings. The summed E-state index contributed by atoms with van der Waals surface area (Å²) in [4.78, 5) is 16.1. The molecule has 0 atom stereocenters. The van der Waals surface area contributed by atoms with E-state index in [1.165, 1.54) is 5.56 Å². The zero-order valence-corrected chi connectivity index (χ0v) is 11.7. The topological polar surface area (TPSA) is 54.0 Å². The number of aromatic nitrogens is 1. The third kappa shape index (κ3) is 2.93. The average Bonchev–Trinajstić information content (AvgIpc) is 2.53. The van der Waals surface area contributed by atoms with Crippen LogP contribution in [0.1, 0.15) is 21.5 Å². The fourth-order valence-electron chi connectivity index (χ4n) is 2.12. The van der Waals surface area contributed by atoms with Crippen LogP contribution in [0.15, 0.2) is 42.7 Å². The van der Waals surface area contributed by atoms with Crippen LogP contribution in [0.4, 0.5) is 5.69 Å². The number of nitrogens with zero attached hydrogens (tertiary/aromatic N) is 1. The zero-order valence-electron chi connectivity index (χ0n) is 10.9. The quantitative estimate of drug-likeness (QED) is 0.851. The Balaban J connectivity index is 1.68. The van der Waals surface area contributed by atoms with E-state index in [0.717, 1.165) is 23.4 Å². The van der Waals surface area contributed by atoms with Crippen molar-refractivity contribution >= 4 is 23.5 Å². The Kier molecular flexibility index (Phi) is 3.87. The number of carbonyl (C=O) groups is 1. The number of nitrogens with one attached hydrogen (secondary N) is 2. The van der Waals surface area contributed by atoms with Crippen LogP contribution >= 0.6 is 11.9 Å². The van der Waals surface area contributed by atoms with Gasteiger partial charge in [-0.3, -0.25) is 9.78 Å². The Morgan fingerprint density at radius 2 is 2.15 bits per heavy atom. The van der Waals surface area contributed by atoms with Crippen molar-refractivity contribution in [2.75, 3.05) is 10.5 Å². The first-order valence-electron chi connectivity index (χ1n) is 6.51. The smallest absolute Gasteiger partial charge is 0.251 e. The average molecular weight is 285 g/mol.